The van der Waals surface area contributed by atoms with Gasteiger partial charge in [-0.2, -0.15) is 0 Å². The van der Waals surface area contributed by atoms with Gasteiger partial charge in [0.25, 0.3) is 0 Å². The lowest BCUT2D eigenvalue weighted by molar-refractivity contribution is 0.164. The van der Waals surface area contributed by atoms with E-state index in [0.29, 0.717) is 6.04 Å². The van der Waals surface area contributed by atoms with Gasteiger partial charge in [0.15, 0.2) is 0 Å². The number of hydrogen-bond donors (Lipinski definition) is 0. The summed E-state index contributed by atoms with van der Waals surface area (Å²) in [4.78, 5) is 4.38. The Morgan fingerprint density at radius 1 is 1.53 bits per heavy atom. The van der Waals surface area contributed by atoms with Gasteiger partial charge in [0.05, 0.1) is 23.7 Å². The number of fused-ring (bicyclic) bond motifs is 1. The maximum absolute atomic E-state index is 5.17. The number of nitrogens with zero attached hydrogens (tertiary/aromatic N) is 2. The highest BCUT2D eigenvalue weighted by Gasteiger charge is 2.10. The number of methoxy groups -OCH3 is 1. The summed E-state index contributed by atoms with van der Waals surface area (Å²) in [5.41, 5.74) is 3.48. The van der Waals surface area contributed by atoms with Crippen molar-refractivity contribution in [1.29, 1.82) is 0 Å². The summed E-state index contributed by atoms with van der Waals surface area (Å²) in [6, 6.07) is 4.41. The molecular formula is C12H16N2O. The lowest BCUT2D eigenvalue weighted by Gasteiger charge is -2.13. The molecule has 2 aromatic rings. The fourth-order valence-electron chi connectivity index (χ4n) is 1.93. The number of aryl methyl sites for hydroxylation is 1. The van der Waals surface area contributed by atoms with E-state index in [-0.39, 0.29) is 0 Å². The fourth-order valence-corrected chi connectivity index (χ4v) is 1.93. The fraction of sp³-hybridized carbons (Fsp3) is 0.417. The normalized spacial score (nSPS) is 13.3. The maximum Gasteiger partial charge on any atom is 0.0910 e. The SMILES string of the molecule is COC[C@H](C)n1cc(C)c2ncccc21. The summed E-state index contributed by atoms with van der Waals surface area (Å²) in [7, 11) is 1.73. The molecule has 0 bridgehead atoms. The highest BCUT2D eigenvalue weighted by atomic mass is 16.5. The zero-order valence-electron chi connectivity index (χ0n) is 9.40. The molecule has 0 aliphatic heterocycles. The highest BCUT2D eigenvalue weighted by Crippen LogP contribution is 2.21. The second-order valence-corrected chi connectivity index (χ2v) is 3.89. The first-order chi connectivity index (χ1) is 7.24. The van der Waals surface area contributed by atoms with Crippen LogP contribution in [0, 0.1) is 6.92 Å². The van der Waals surface area contributed by atoms with Gasteiger partial charge in [-0.25, -0.2) is 0 Å². The van der Waals surface area contributed by atoms with Crippen LogP contribution in [0.3, 0.4) is 0 Å². The highest BCUT2D eigenvalue weighted by molar-refractivity contribution is 5.79. The summed E-state index contributed by atoms with van der Waals surface area (Å²) >= 11 is 0. The van der Waals surface area contributed by atoms with Crippen LogP contribution in [0.25, 0.3) is 11.0 Å². The number of aromatic nitrogens is 2. The van der Waals surface area contributed by atoms with Gasteiger partial charge in [0.2, 0.25) is 0 Å². The standard InChI is InChI=1S/C12H16N2O/c1-9-7-14(10(2)8-15-3)11-5-4-6-13-12(9)11/h4-7,10H,8H2,1-3H3/t10-/m0/s1. The van der Waals surface area contributed by atoms with E-state index in [4.69, 9.17) is 4.74 Å². The Balaban J connectivity index is 2.52. The Bertz CT molecular complexity index is 462. The van der Waals surface area contributed by atoms with Gasteiger partial charge in [-0.05, 0) is 31.5 Å². The van der Waals surface area contributed by atoms with Gasteiger partial charge in [-0.3, -0.25) is 4.98 Å². The molecule has 0 N–H and O–H groups in total. The predicted octanol–water partition coefficient (Wildman–Crippen LogP) is 2.55. The van der Waals surface area contributed by atoms with Gasteiger partial charge < -0.3 is 9.30 Å². The Hall–Kier alpha value is -1.35. The van der Waals surface area contributed by atoms with Gasteiger partial charge in [0.1, 0.15) is 0 Å². The minimum absolute atomic E-state index is 0.343. The molecule has 2 heterocycles. The number of ether oxygens (including phenoxy) is 1. The average Bonchev–Trinajstić information content (AvgIpc) is 2.58. The van der Waals surface area contributed by atoms with Crippen LogP contribution in [-0.4, -0.2) is 23.3 Å². The Labute approximate surface area is 89.7 Å². The van der Waals surface area contributed by atoms with Gasteiger partial charge in [-0.15, -0.1) is 0 Å². The van der Waals surface area contributed by atoms with Crippen molar-refractivity contribution in [1.82, 2.24) is 9.55 Å². The first kappa shape index (κ1) is 10.2. The van der Waals surface area contributed by atoms with Crippen LogP contribution < -0.4 is 0 Å². The van der Waals surface area contributed by atoms with Crippen LogP contribution >= 0.6 is 0 Å². The van der Waals surface area contributed by atoms with Crippen molar-refractivity contribution in [3.63, 3.8) is 0 Å². The number of rotatable bonds is 3. The van der Waals surface area contributed by atoms with Crippen LogP contribution in [0.5, 0.6) is 0 Å². The molecule has 15 heavy (non-hydrogen) atoms. The van der Waals surface area contributed by atoms with Crippen LogP contribution in [0.2, 0.25) is 0 Å². The Kier molecular flexibility index (Phi) is 2.73. The molecule has 3 nitrogen and oxygen atoms in total. The predicted molar refractivity (Wildman–Crippen MR) is 61.1 cm³/mol. The maximum atomic E-state index is 5.17. The second kappa shape index (κ2) is 4.03. The molecule has 0 spiro atoms. The van der Waals surface area contributed by atoms with Gasteiger partial charge >= 0.3 is 0 Å². The zero-order valence-corrected chi connectivity index (χ0v) is 9.40. The van der Waals surface area contributed by atoms with Crippen molar-refractivity contribution in [2.45, 2.75) is 19.9 Å². The molecule has 2 rings (SSSR count). The molecule has 3 heteroatoms. The molecule has 0 unspecified atom stereocenters. The van der Waals surface area contributed by atoms with Crippen molar-refractivity contribution in [2.75, 3.05) is 13.7 Å². The van der Waals surface area contributed by atoms with E-state index in [9.17, 15) is 0 Å². The lowest BCUT2D eigenvalue weighted by Crippen LogP contribution is -2.09. The van der Waals surface area contributed by atoms with Crippen molar-refractivity contribution < 1.29 is 4.74 Å². The Morgan fingerprint density at radius 3 is 3.07 bits per heavy atom. The van der Waals surface area contributed by atoms with E-state index < -0.39 is 0 Å². The van der Waals surface area contributed by atoms with Crippen LogP contribution in [0.15, 0.2) is 24.5 Å². The largest absolute Gasteiger partial charge is 0.383 e. The van der Waals surface area contributed by atoms with Crippen molar-refractivity contribution in [3.05, 3.63) is 30.1 Å². The summed E-state index contributed by atoms with van der Waals surface area (Å²) < 4.78 is 7.40. The molecular weight excluding hydrogens is 188 g/mol. The first-order valence-electron chi connectivity index (χ1n) is 5.15. The second-order valence-electron chi connectivity index (χ2n) is 3.89. The van der Waals surface area contributed by atoms with E-state index in [1.807, 2.05) is 12.3 Å². The molecule has 0 amide bonds. The third-order valence-corrected chi connectivity index (χ3v) is 2.65. The third-order valence-electron chi connectivity index (χ3n) is 2.65. The molecule has 0 radical (unpaired) electrons. The van der Waals surface area contributed by atoms with E-state index in [1.165, 1.54) is 11.1 Å². The smallest absolute Gasteiger partial charge is 0.0910 e. The van der Waals surface area contributed by atoms with Gasteiger partial charge in [0, 0.05) is 19.5 Å². The van der Waals surface area contributed by atoms with E-state index >= 15 is 0 Å². The van der Waals surface area contributed by atoms with E-state index in [0.717, 1.165) is 12.1 Å². The third kappa shape index (κ3) is 1.75. The summed E-state index contributed by atoms with van der Waals surface area (Å²) in [5.74, 6) is 0. The van der Waals surface area contributed by atoms with Crippen molar-refractivity contribution >= 4 is 11.0 Å². The molecule has 2 aromatic heterocycles. The van der Waals surface area contributed by atoms with Crippen molar-refractivity contribution in [3.8, 4) is 0 Å². The summed E-state index contributed by atoms with van der Waals surface area (Å²) in [6.45, 7) is 4.96. The van der Waals surface area contributed by atoms with Crippen LogP contribution in [0.4, 0.5) is 0 Å². The molecule has 0 saturated carbocycles. The topological polar surface area (TPSA) is 27.1 Å². The number of pyridine rings is 1. The summed E-state index contributed by atoms with van der Waals surface area (Å²) in [6.07, 6.45) is 3.97. The van der Waals surface area contributed by atoms with E-state index in [2.05, 4.69) is 35.7 Å². The molecule has 0 aliphatic rings. The number of hydrogen-bond acceptors (Lipinski definition) is 2. The molecule has 0 saturated heterocycles. The molecule has 0 fully saturated rings. The van der Waals surface area contributed by atoms with Gasteiger partial charge in [-0.1, -0.05) is 0 Å². The van der Waals surface area contributed by atoms with E-state index in [1.54, 1.807) is 7.11 Å². The minimum Gasteiger partial charge on any atom is -0.383 e. The average molecular weight is 204 g/mol. The monoisotopic (exact) mass is 204 g/mol. The quantitative estimate of drug-likeness (QED) is 0.768. The lowest BCUT2D eigenvalue weighted by atomic mass is 10.3. The first-order valence-corrected chi connectivity index (χ1v) is 5.15. The molecule has 80 valence electrons. The minimum atomic E-state index is 0.343. The molecule has 0 aromatic carbocycles. The van der Waals surface area contributed by atoms with Crippen molar-refractivity contribution in [2.24, 2.45) is 0 Å². The molecule has 0 aliphatic carbocycles. The summed E-state index contributed by atoms with van der Waals surface area (Å²) in [5, 5.41) is 0. The van der Waals surface area contributed by atoms with Crippen LogP contribution in [-0.2, 0) is 4.74 Å². The zero-order chi connectivity index (χ0) is 10.8. The molecule has 1 atom stereocenters. The van der Waals surface area contributed by atoms with Crippen LogP contribution in [0.1, 0.15) is 18.5 Å². The Morgan fingerprint density at radius 2 is 2.33 bits per heavy atom.